The van der Waals surface area contributed by atoms with E-state index in [4.69, 9.17) is 15.2 Å². The molecule has 0 radical (unpaired) electrons. The number of hydrogen-bond donors (Lipinski definition) is 2. The zero-order valence-corrected chi connectivity index (χ0v) is 14.9. The van der Waals surface area contributed by atoms with Crippen LogP contribution in [0.2, 0.25) is 0 Å². The molecule has 0 saturated heterocycles. The number of carboxylic acids is 2. The quantitative estimate of drug-likeness (QED) is 0.755. The highest BCUT2D eigenvalue weighted by Crippen LogP contribution is 2.23. The number of fused-ring (bicyclic) bond motifs is 2. The molecule has 25 heavy (non-hydrogen) atoms. The average molecular weight is 360 g/mol. The van der Waals surface area contributed by atoms with Crippen LogP contribution in [0.3, 0.4) is 0 Å². The van der Waals surface area contributed by atoms with E-state index >= 15 is 0 Å². The molecule has 0 spiro atoms. The molecule has 0 unspecified atom stereocenters. The normalized spacial score (nSPS) is 14.5. The largest absolute Gasteiger partial charge is 0.478 e. The van der Waals surface area contributed by atoms with E-state index in [1.165, 1.54) is 26.0 Å². The van der Waals surface area contributed by atoms with E-state index in [9.17, 15) is 9.59 Å². The molecule has 3 rings (SSSR count). The molecule has 0 aliphatic heterocycles. The lowest BCUT2D eigenvalue weighted by molar-refractivity contribution is -0.134. The summed E-state index contributed by atoms with van der Waals surface area (Å²) in [7, 11) is 4.21. The van der Waals surface area contributed by atoms with E-state index in [1.54, 1.807) is 0 Å². The zero-order chi connectivity index (χ0) is 18.4. The summed E-state index contributed by atoms with van der Waals surface area (Å²) in [6, 6.07) is 0. The van der Waals surface area contributed by atoms with Crippen LogP contribution in [-0.4, -0.2) is 52.7 Å². The molecule has 2 N–H and O–H groups in total. The predicted octanol–water partition coefficient (Wildman–Crippen LogP) is 0.790. The van der Waals surface area contributed by atoms with E-state index < -0.39 is 11.9 Å². The second kappa shape index (κ2) is 8.55. The Labute approximate surface area is 149 Å². The number of allylic oxidation sites excluding steroid dienone is 4. The number of hydrogen-bond acceptors (Lipinski definition) is 5. The molecule has 0 amide bonds. The summed E-state index contributed by atoms with van der Waals surface area (Å²) < 4.78 is 1.35. The van der Waals surface area contributed by atoms with Crippen LogP contribution in [0.5, 0.6) is 0 Å². The molecular formula is C18H20N2O4S. The molecule has 0 saturated carbocycles. The summed E-state index contributed by atoms with van der Waals surface area (Å²) in [6.45, 7) is 1.07. The van der Waals surface area contributed by atoms with E-state index in [-0.39, 0.29) is 0 Å². The first-order chi connectivity index (χ1) is 11.9. The molecule has 0 atom stereocenters. The lowest BCUT2D eigenvalue weighted by atomic mass is 10.0. The van der Waals surface area contributed by atoms with Crippen molar-refractivity contribution in [1.29, 1.82) is 0 Å². The van der Waals surface area contributed by atoms with Crippen molar-refractivity contribution in [2.45, 2.75) is 12.8 Å². The van der Waals surface area contributed by atoms with Gasteiger partial charge in [-0.2, -0.15) is 0 Å². The Morgan fingerprint density at radius 3 is 2.56 bits per heavy atom. The van der Waals surface area contributed by atoms with Gasteiger partial charge in [-0.3, -0.25) is 0 Å². The Balaban J connectivity index is 0.000000242. The molecule has 6 nitrogen and oxygen atoms in total. The van der Waals surface area contributed by atoms with Crippen molar-refractivity contribution in [2.24, 2.45) is 0 Å². The number of thiazole rings is 1. The van der Waals surface area contributed by atoms with Gasteiger partial charge < -0.3 is 15.1 Å². The van der Waals surface area contributed by atoms with Crippen LogP contribution < -0.4 is 9.88 Å². The summed E-state index contributed by atoms with van der Waals surface area (Å²) in [5.41, 5.74) is 2.77. The second-order valence-corrected chi connectivity index (χ2v) is 6.88. The molecule has 7 heteroatoms. The third-order valence-corrected chi connectivity index (χ3v) is 4.56. The van der Waals surface area contributed by atoms with Crippen molar-refractivity contribution in [3.63, 3.8) is 0 Å². The fourth-order valence-corrected chi connectivity index (χ4v) is 3.38. The summed E-state index contributed by atoms with van der Waals surface area (Å²) in [4.78, 5) is 26.1. The Morgan fingerprint density at radius 1 is 1.28 bits per heavy atom. The van der Waals surface area contributed by atoms with Crippen LogP contribution in [-0.2, 0) is 16.0 Å². The second-order valence-electron chi connectivity index (χ2n) is 5.76. The van der Waals surface area contributed by atoms with Crippen molar-refractivity contribution >= 4 is 34.9 Å². The maximum absolute atomic E-state index is 9.55. The van der Waals surface area contributed by atoms with E-state index in [2.05, 4.69) is 43.3 Å². The number of nitrogens with zero attached hydrogens (tertiary/aromatic N) is 2. The molecule has 1 aromatic heterocycles. The van der Waals surface area contributed by atoms with E-state index in [0.29, 0.717) is 12.2 Å². The highest BCUT2D eigenvalue weighted by molar-refractivity contribution is 7.09. The topological polar surface area (TPSA) is 90.7 Å². The highest BCUT2D eigenvalue weighted by atomic mass is 32.1. The van der Waals surface area contributed by atoms with Crippen LogP contribution in [0.25, 0.3) is 11.6 Å². The zero-order valence-electron chi connectivity index (χ0n) is 14.1. The van der Waals surface area contributed by atoms with Gasteiger partial charge in [-0.25, -0.2) is 14.6 Å². The SMILES string of the molecule is CN(C)CCc1nc2c(s1)=CC1=CC=CCC=21.O=C(O)C=CC(=O)O. The van der Waals surface area contributed by atoms with Crippen molar-refractivity contribution in [3.05, 3.63) is 50.8 Å². The van der Waals surface area contributed by atoms with Gasteiger partial charge in [0.2, 0.25) is 0 Å². The standard InChI is InChI=1S/C14H16N2S.C4H4O4/c1-16(2)8-7-13-15-14-11-6-4-3-5-10(11)9-12(14)17-13;5-3(6)1-2-4(7)8/h3-5,9H,6-8H2,1-2H3;1-2H,(H,5,6)(H,7,8). The number of rotatable bonds is 5. The Kier molecular flexibility index (Phi) is 6.44. The number of aliphatic carboxylic acids is 2. The van der Waals surface area contributed by atoms with Gasteiger partial charge in [0.05, 0.1) is 14.9 Å². The van der Waals surface area contributed by atoms with Crippen molar-refractivity contribution < 1.29 is 19.8 Å². The Bertz CT molecular complexity index is 859. The third kappa shape index (κ3) is 5.51. The van der Waals surface area contributed by atoms with E-state index in [0.717, 1.165) is 19.4 Å². The van der Waals surface area contributed by atoms with Crippen LogP contribution >= 0.6 is 11.3 Å². The lowest BCUT2D eigenvalue weighted by Crippen LogP contribution is -2.20. The summed E-state index contributed by atoms with van der Waals surface area (Å²) >= 11 is 1.85. The van der Waals surface area contributed by atoms with Crippen LogP contribution in [0.1, 0.15) is 11.4 Å². The van der Waals surface area contributed by atoms with Gasteiger partial charge in [0, 0.05) is 25.1 Å². The maximum Gasteiger partial charge on any atom is 0.328 e. The molecule has 132 valence electrons. The summed E-state index contributed by atoms with van der Waals surface area (Å²) in [5, 5.41) is 18.1. The smallest absolute Gasteiger partial charge is 0.328 e. The number of carbonyl (C=O) groups is 2. The van der Waals surface area contributed by atoms with Gasteiger partial charge in [0.25, 0.3) is 0 Å². The van der Waals surface area contributed by atoms with Crippen molar-refractivity contribution in [1.82, 2.24) is 9.88 Å². The minimum Gasteiger partial charge on any atom is -0.478 e. The van der Waals surface area contributed by atoms with E-state index in [1.807, 2.05) is 11.3 Å². The van der Waals surface area contributed by atoms with Gasteiger partial charge in [-0.1, -0.05) is 18.2 Å². The first kappa shape index (κ1) is 18.8. The monoisotopic (exact) mass is 360 g/mol. The Hall–Kier alpha value is -2.51. The number of likely N-dealkylation sites (N-methyl/N-ethyl adjacent to an activating group) is 1. The summed E-state index contributed by atoms with van der Waals surface area (Å²) in [5.74, 6) is -2.51. The van der Waals surface area contributed by atoms with Gasteiger partial charge in [-0.15, -0.1) is 11.3 Å². The molecule has 0 fully saturated rings. The number of carboxylic acid groups (broad SMARTS) is 2. The van der Waals surface area contributed by atoms with Gasteiger partial charge in [-0.05, 0) is 37.7 Å². The minimum atomic E-state index is -1.26. The molecule has 2 aliphatic carbocycles. The minimum absolute atomic E-state index is 0.558. The van der Waals surface area contributed by atoms with Gasteiger partial charge >= 0.3 is 11.9 Å². The third-order valence-electron chi connectivity index (χ3n) is 3.49. The molecule has 2 aliphatic rings. The molecule has 1 heterocycles. The van der Waals surface area contributed by atoms with Crippen LogP contribution in [0.4, 0.5) is 0 Å². The van der Waals surface area contributed by atoms with Crippen molar-refractivity contribution in [3.8, 4) is 0 Å². The lowest BCUT2D eigenvalue weighted by Gasteiger charge is -2.07. The Morgan fingerprint density at radius 2 is 1.96 bits per heavy atom. The number of aromatic nitrogens is 1. The fourth-order valence-electron chi connectivity index (χ4n) is 2.35. The summed E-state index contributed by atoms with van der Waals surface area (Å²) in [6.07, 6.45) is 12.0. The van der Waals surface area contributed by atoms with Gasteiger partial charge in [0.1, 0.15) is 0 Å². The average Bonchev–Trinajstić information content (AvgIpc) is 3.09. The highest BCUT2D eigenvalue weighted by Gasteiger charge is 2.15. The molecule has 0 bridgehead atoms. The van der Waals surface area contributed by atoms with Crippen LogP contribution in [0, 0.1) is 0 Å². The first-order valence-electron chi connectivity index (χ1n) is 7.73. The fraction of sp³-hybridized carbons (Fsp3) is 0.278. The predicted molar refractivity (Wildman–Crippen MR) is 97.7 cm³/mol. The van der Waals surface area contributed by atoms with Crippen LogP contribution in [0.15, 0.2) is 36.0 Å². The van der Waals surface area contributed by atoms with Gasteiger partial charge in [0.15, 0.2) is 0 Å². The van der Waals surface area contributed by atoms with Crippen molar-refractivity contribution in [2.75, 3.05) is 20.6 Å². The molecular weight excluding hydrogens is 340 g/mol. The molecule has 0 aromatic carbocycles. The molecule has 1 aromatic rings. The maximum atomic E-state index is 9.55. The first-order valence-corrected chi connectivity index (χ1v) is 8.55.